The van der Waals surface area contributed by atoms with Crippen molar-refractivity contribution in [1.29, 1.82) is 0 Å². The first kappa shape index (κ1) is 29.2. The van der Waals surface area contributed by atoms with Gasteiger partial charge in [-0.25, -0.2) is 0 Å². The van der Waals surface area contributed by atoms with Crippen molar-refractivity contribution in [2.45, 2.75) is 6.92 Å². The Morgan fingerprint density at radius 2 is 1.09 bits per heavy atom. The Morgan fingerprint density at radius 1 is 0.545 bits per heavy atom. The second-order valence-corrected chi connectivity index (χ2v) is 12.8. The second-order valence-electron chi connectivity index (χ2n) is 10.6. The lowest BCUT2D eigenvalue weighted by molar-refractivity contribution is 0.414. The highest BCUT2D eigenvalue weighted by atomic mass is 31.1. The van der Waals surface area contributed by atoms with Crippen molar-refractivity contribution in [2.75, 3.05) is 14.2 Å². The summed E-state index contributed by atoms with van der Waals surface area (Å²) in [4.78, 5) is 0. The average molecular weight is 591 g/mol. The van der Waals surface area contributed by atoms with E-state index in [-0.39, 0.29) is 0 Å². The third kappa shape index (κ3) is 6.37. The van der Waals surface area contributed by atoms with E-state index >= 15 is 0 Å². The monoisotopic (exact) mass is 590 g/mol. The van der Waals surface area contributed by atoms with Crippen molar-refractivity contribution >= 4 is 35.5 Å². The molecule has 44 heavy (non-hydrogen) atoms. The van der Waals surface area contributed by atoms with E-state index in [9.17, 15) is 0 Å². The van der Waals surface area contributed by atoms with Crippen LogP contribution < -0.4 is 25.4 Å². The number of ether oxygens (including phenoxy) is 2. The zero-order chi connectivity index (χ0) is 30.3. The number of methoxy groups -OCH3 is 2. The first-order chi connectivity index (χ1) is 21.6. The fraction of sp³-hybridized carbons (Fsp3) is 0.0732. The minimum atomic E-state index is -0.803. The van der Waals surface area contributed by atoms with Gasteiger partial charge in [0.15, 0.2) is 0 Å². The van der Waals surface area contributed by atoms with E-state index < -0.39 is 7.92 Å². The van der Waals surface area contributed by atoms with Gasteiger partial charge in [-0.15, -0.1) is 0 Å². The van der Waals surface area contributed by atoms with Gasteiger partial charge >= 0.3 is 0 Å². The van der Waals surface area contributed by atoms with Crippen molar-refractivity contribution in [2.24, 2.45) is 0 Å². The fourth-order valence-electron chi connectivity index (χ4n) is 5.54. The second kappa shape index (κ2) is 13.6. The molecule has 216 valence electrons. The molecule has 0 aliphatic heterocycles. The Morgan fingerprint density at radius 3 is 1.68 bits per heavy atom. The number of aryl methyl sites for hydroxylation is 1. The summed E-state index contributed by atoms with van der Waals surface area (Å²) >= 11 is 0. The third-order valence-corrected chi connectivity index (χ3v) is 10.2. The molecule has 0 saturated carbocycles. The van der Waals surface area contributed by atoms with Gasteiger partial charge < -0.3 is 9.47 Å². The molecule has 0 fully saturated rings. The van der Waals surface area contributed by atoms with Gasteiger partial charge in [-0.3, -0.25) is 0 Å². The molecule has 0 aliphatic rings. The quantitative estimate of drug-likeness (QED) is 0.124. The first-order valence-electron chi connectivity index (χ1n) is 14.8. The van der Waals surface area contributed by atoms with Gasteiger partial charge in [-0.2, -0.15) is 0 Å². The van der Waals surface area contributed by atoms with E-state index in [4.69, 9.17) is 9.47 Å². The molecule has 0 aliphatic carbocycles. The van der Waals surface area contributed by atoms with Crippen molar-refractivity contribution < 1.29 is 9.47 Å². The SMILES string of the molecule is COc1ccc(/C=C(\c2ccc(OC)cc2)c2ccccc2-c2ccc(C)cc2P(c2ccccc2)c2ccccc2)cc1. The molecule has 2 nitrogen and oxygen atoms in total. The van der Waals surface area contributed by atoms with Gasteiger partial charge in [0, 0.05) is 0 Å². The zero-order valence-corrected chi connectivity index (χ0v) is 26.2. The molecule has 0 amide bonds. The summed E-state index contributed by atoms with van der Waals surface area (Å²) in [6.07, 6.45) is 2.27. The highest BCUT2D eigenvalue weighted by Crippen LogP contribution is 2.41. The van der Waals surface area contributed by atoms with Crippen LogP contribution in [0.3, 0.4) is 0 Å². The predicted molar refractivity (Wildman–Crippen MR) is 188 cm³/mol. The maximum atomic E-state index is 5.50. The van der Waals surface area contributed by atoms with E-state index in [0.29, 0.717) is 0 Å². The molecule has 0 N–H and O–H groups in total. The average Bonchev–Trinajstić information content (AvgIpc) is 3.09. The Bertz CT molecular complexity index is 1820. The van der Waals surface area contributed by atoms with E-state index in [1.807, 2.05) is 24.3 Å². The minimum Gasteiger partial charge on any atom is -0.497 e. The van der Waals surface area contributed by atoms with Crippen LogP contribution in [0.15, 0.2) is 152 Å². The molecule has 0 atom stereocenters. The van der Waals surface area contributed by atoms with Gasteiger partial charge in [0.05, 0.1) is 14.2 Å². The Hall–Kier alpha value is -4.91. The lowest BCUT2D eigenvalue weighted by Gasteiger charge is -2.24. The molecule has 6 rings (SSSR count). The summed E-state index contributed by atoms with van der Waals surface area (Å²) < 4.78 is 10.9. The Kier molecular flexibility index (Phi) is 9.01. The maximum absolute atomic E-state index is 5.50. The normalized spacial score (nSPS) is 11.4. The van der Waals surface area contributed by atoms with Gasteiger partial charge in [-0.1, -0.05) is 133 Å². The highest BCUT2D eigenvalue weighted by molar-refractivity contribution is 7.80. The molecule has 0 saturated heterocycles. The highest BCUT2D eigenvalue weighted by Gasteiger charge is 2.22. The minimum absolute atomic E-state index is 0.803. The molecule has 0 radical (unpaired) electrons. The summed E-state index contributed by atoms with van der Waals surface area (Å²) in [7, 11) is 2.60. The number of rotatable bonds is 9. The van der Waals surface area contributed by atoms with Crippen LogP contribution in [0, 0.1) is 6.92 Å². The van der Waals surface area contributed by atoms with Crippen molar-refractivity contribution in [3.8, 4) is 22.6 Å². The number of hydrogen-bond acceptors (Lipinski definition) is 2. The molecule has 0 aromatic heterocycles. The van der Waals surface area contributed by atoms with E-state index in [1.54, 1.807) is 14.2 Å². The van der Waals surface area contributed by atoms with Crippen molar-refractivity contribution in [3.05, 3.63) is 174 Å². The lowest BCUT2D eigenvalue weighted by Crippen LogP contribution is -2.22. The zero-order valence-electron chi connectivity index (χ0n) is 25.3. The summed E-state index contributed by atoms with van der Waals surface area (Å²) in [5.74, 6) is 1.68. The van der Waals surface area contributed by atoms with Crippen LogP contribution in [0.2, 0.25) is 0 Å². The molecular weight excluding hydrogens is 555 g/mol. The lowest BCUT2D eigenvalue weighted by atomic mass is 9.89. The predicted octanol–water partition coefficient (Wildman–Crippen LogP) is 9.03. The van der Waals surface area contributed by atoms with Crippen molar-refractivity contribution in [3.63, 3.8) is 0 Å². The van der Waals surface area contributed by atoms with Crippen LogP contribution in [0.25, 0.3) is 22.8 Å². The molecule has 6 aromatic rings. The summed E-state index contributed by atoms with van der Waals surface area (Å²) in [6.45, 7) is 2.19. The van der Waals surface area contributed by atoms with Crippen LogP contribution in [0.5, 0.6) is 11.5 Å². The number of benzene rings is 6. The molecule has 0 heterocycles. The molecule has 3 heteroatoms. The van der Waals surface area contributed by atoms with Gasteiger partial charge in [0.25, 0.3) is 0 Å². The summed E-state index contributed by atoms with van der Waals surface area (Å²) in [5.41, 5.74) is 8.25. The van der Waals surface area contributed by atoms with Crippen molar-refractivity contribution in [1.82, 2.24) is 0 Å². The molecular formula is C41H35O2P. The first-order valence-corrected chi connectivity index (χ1v) is 16.1. The third-order valence-electron chi connectivity index (χ3n) is 7.76. The van der Waals surface area contributed by atoms with Gasteiger partial charge in [0.2, 0.25) is 0 Å². The van der Waals surface area contributed by atoms with Gasteiger partial charge in [-0.05, 0) is 94.5 Å². The topological polar surface area (TPSA) is 18.5 Å². The van der Waals surface area contributed by atoms with Gasteiger partial charge in [0.1, 0.15) is 11.5 Å². The number of hydrogen-bond donors (Lipinski definition) is 0. The maximum Gasteiger partial charge on any atom is 0.118 e. The summed E-state index contributed by atoms with van der Waals surface area (Å²) in [5, 5.41) is 4.02. The largest absolute Gasteiger partial charge is 0.497 e. The smallest absolute Gasteiger partial charge is 0.118 e. The van der Waals surface area contributed by atoms with Crippen LogP contribution in [-0.4, -0.2) is 14.2 Å². The standard InChI is InChI=1S/C41H35O2P/c1-30-18-27-39(41(28-30)44(35-12-6-4-7-13-35)36-14-8-5-9-15-36)37-16-10-11-17-38(37)40(32-21-25-34(43-3)26-22-32)29-31-19-23-33(42-2)24-20-31/h4-29H,1-3H3/b40-29+. The van der Waals surface area contributed by atoms with Crippen LogP contribution >= 0.6 is 7.92 Å². The summed E-state index contributed by atoms with van der Waals surface area (Å²) in [6, 6.07) is 54.1. The molecule has 0 unspecified atom stereocenters. The van der Waals surface area contributed by atoms with Crippen LogP contribution in [0.1, 0.15) is 22.3 Å². The Labute approximate surface area is 262 Å². The van der Waals surface area contributed by atoms with E-state index in [2.05, 4.69) is 140 Å². The molecule has 0 bridgehead atoms. The van der Waals surface area contributed by atoms with Crippen LogP contribution in [-0.2, 0) is 0 Å². The molecule has 0 spiro atoms. The Balaban J connectivity index is 1.58. The van der Waals surface area contributed by atoms with E-state index in [1.165, 1.54) is 38.2 Å². The van der Waals surface area contributed by atoms with E-state index in [0.717, 1.165) is 28.2 Å². The molecule has 6 aromatic carbocycles. The fourth-order valence-corrected chi connectivity index (χ4v) is 8.11. The van der Waals surface area contributed by atoms with Crippen LogP contribution in [0.4, 0.5) is 0 Å².